The Bertz CT molecular complexity index is 3840. The standard InChI is InChI=1S/C23H34N2O2Si.C23H38N2Si.C14H14N2O2.C8H6N2O2.C6H10O/c1-16(2)28(17(3)4,18(5)6)24-15-22(19-10-8-7-9-11-19)21-14-20(25(26)27)12-13-23(21)24;1-16(2)26(17(3)4,18(5)6)25-15-22(19-10-8-7-9-11-19)21-14-20(24)12-13-23(21)25;17-16(18)11-6-7-14-12(8-11)13(9-15-14)10-4-2-1-3-5-10;11-10(12)7-1-2-8-6(5-7)3-4-9-8;7-6-4-2-1-3-5-6/h10,12-18H,7-9,11H2,1-6H3;12-19H,7-11,24H2,1-6H3;4,6-9,15H,1-3,5H2;1-5,9H;1-5H2. The minimum Gasteiger partial charge on any atom is -0.399 e. The number of allylic oxidation sites excluding steroid dienone is 4. The van der Waals surface area contributed by atoms with Gasteiger partial charge in [-0.3, -0.25) is 35.1 Å². The third kappa shape index (κ3) is 15.3. The molecule has 4 heterocycles. The molecule has 2 saturated carbocycles. The highest BCUT2D eigenvalue weighted by molar-refractivity contribution is 6.83. The Morgan fingerprint density at radius 1 is 0.484 bits per heavy atom. The molecule has 0 unspecified atom stereocenters. The number of nitrogens with zero attached hydrogens (tertiary/aromatic N) is 5. The molecule has 4 aromatic heterocycles. The lowest BCUT2D eigenvalue weighted by atomic mass is 9.84. The van der Waals surface area contributed by atoms with Crippen LogP contribution in [0.3, 0.4) is 0 Å². The number of nitrogens with two attached hydrogens (primary N) is 1. The third-order valence-corrected chi connectivity index (χ3v) is 34.1. The molecule has 8 aromatic rings. The van der Waals surface area contributed by atoms with Crippen LogP contribution in [-0.4, -0.2) is 55.5 Å². The number of nitrogen functional groups attached to an aromatic ring is 1. The number of carbonyl (C=O) groups is 1. The minimum absolute atomic E-state index is 0.127. The van der Waals surface area contributed by atoms with Crippen LogP contribution in [-0.2, 0) is 4.79 Å². The molecule has 0 saturated heterocycles. The van der Waals surface area contributed by atoms with Crippen molar-refractivity contribution in [3.8, 4) is 0 Å². The minimum atomic E-state index is -1.94. The average Bonchev–Trinajstić information content (AvgIpc) is 1.63. The highest BCUT2D eigenvalue weighted by atomic mass is 28.3. The van der Waals surface area contributed by atoms with Crippen LogP contribution in [0.15, 0.2) is 116 Å². The number of anilines is 1. The second-order valence-electron chi connectivity index (χ2n) is 27.9. The van der Waals surface area contributed by atoms with Crippen molar-refractivity contribution in [1.29, 1.82) is 0 Å². The molecule has 0 bridgehead atoms. The number of aromatic nitrogens is 4. The maximum Gasteiger partial charge on any atom is 0.270 e. The molecule has 17 heteroatoms. The van der Waals surface area contributed by atoms with Crippen LogP contribution in [0.1, 0.15) is 221 Å². The van der Waals surface area contributed by atoms with Gasteiger partial charge in [0.1, 0.15) is 5.78 Å². The first kappa shape index (κ1) is 69.5. The first-order valence-corrected chi connectivity index (χ1v) is 38.4. The van der Waals surface area contributed by atoms with E-state index in [0.717, 1.165) is 89.8 Å². The lowest BCUT2D eigenvalue weighted by Gasteiger charge is -2.44. The van der Waals surface area contributed by atoms with Gasteiger partial charge in [0.25, 0.3) is 17.1 Å². The highest BCUT2D eigenvalue weighted by Gasteiger charge is 2.48. The Labute approximate surface area is 541 Å². The van der Waals surface area contributed by atoms with Crippen LogP contribution in [0.25, 0.3) is 54.8 Å². The van der Waals surface area contributed by atoms with E-state index >= 15 is 0 Å². The summed E-state index contributed by atoms with van der Waals surface area (Å²) in [5.74, 6) is 1.18. The predicted octanol–water partition coefficient (Wildman–Crippen LogP) is 22.5. The van der Waals surface area contributed by atoms with Crippen LogP contribution in [0.2, 0.25) is 33.2 Å². The quantitative estimate of drug-likeness (QED) is 0.0411. The summed E-state index contributed by atoms with van der Waals surface area (Å²) in [4.78, 5) is 48.3. The SMILES string of the molecule is CC(C)[Si](C(C)C)(C(C)C)n1cc(C2=CCCCC2)c2cc([N+](=O)[O-])ccc21.CC(C)[Si](C(C)C)(C(C)C)n1cc(C2CCCCC2)c2cc(N)ccc21.O=C1CCCCC1.O=[N+]([O-])c1ccc2[nH]cc(C3=CCCCC3)c2c1.O=[N+]([O-])c1ccc2[nH]ccc2c1. The number of benzene rings is 4. The Morgan fingerprint density at radius 3 is 1.45 bits per heavy atom. The zero-order chi connectivity index (χ0) is 65.9. The number of H-pyrrole nitrogens is 2. The summed E-state index contributed by atoms with van der Waals surface area (Å²) in [7, 11) is -3.69. The van der Waals surface area contributed by atoms with Crippen molar-refractivity contribution in [3.05, 3.63) is 163 Å². The summed E-state index contributed by atoms with van der Waals surface area (Å²) in [5, 5.41) is 37.0. The van der Waals surface area contributed by atoms with Crippen molar-refractivity contribution in [3.63, 3.8) is 0 Å². The fraction of sp³-hybridized carbons (Fsp3) is 0.500. The van der Waals surface area contributed by atoms with Gasteiger partial charge in [-0.1, -0.05) is 121 Å². The summed E-state index contributed by atoms with van der Waals surface area (Å²) in [6, 6.07) is 23.6. The monoisotopic (exact) mass is 1270 g/mol. The number of hydrogen-bond donors (Lipinski definition) is 3. The van der Waals surface area contributed by atoms with E-state index in [4.69, 9.17) is 5.73 Å². The second kappa shape index (κ2) is 30.8. The molecule has 4 N–H and O–H groups in total. The number of nitro groups is 3. The van der Waals surface area contributed by atoms with E-state index in [1.807, 2.05) is 18.3 Å². The van der Waals surface area contributed by atoms with E-state index in [-0.39, 0.29) is 26.9 Å². The summed E-state index contributed by atoms with van der Waals surface area (Å²) in [6.07, 6.45) is 34.6. The first-order chi connectivity index (χ1) is 43.4. The largest absolute Gasteiger partial charge is 0.399 e. The molecule has 488 valence electrons. The summed E-state index contributed by atoms with van der Waals surface area (Å²) in [6.45, 7) is 28.9. The van der Waals surface area contributed by atoms with Crippen molar-refractivity contribution in [1.82, 2.24) is 18.4 Å². The smallest absolute Gasteiger partial charge is 0.270 e. The third-order valence-electron chi connectivity index (χ3n) is 20.6. The number of hydrogen-bond acceptors (Lipinski definition) is 8. The zero-order valence-corrected chi connectivity index (χ0v) is 58.4. The molecule has 0 radical (unpaired) electrons. The van der Waals surface area contributed by atoms with Gasteiger partial charge in [-0.25, -0.2) is 0 Å². The number of ketones is 1. The number of fused-ring (bicyclic) bond motifs is 4. The van der Waals surface area contributed by atoms with Crippen LogP contribution in [0.4, 0.5) is 22.7 Å². The molecule has 0 spiro atoms. The number of aromatic amines is 2. The molecule has 2 fully saturated rings. The van der Waals surface area contributed by atoms with Crippen molar-refractivity contribution >= 4 is 99.8 Å². The summed E-state index contributed by atoms with van der Waals surface area (Å²) < 4.78 is 5.38. The first-order valence-electron chi connectivity index (χ1n) is 34.0. The van der Waals surface area contributed by atoms with Crippen molar-refractivity contribution < 1.29 is 19.6 Å². The van der Waals surface area contributed by atoms with Gasteiger partial charge in [0.15, 0.2) is 16.5 Å². The van der Waals surface area contributed by atoms with Gasteiger partial charge in [-0.2, -0.15) is 0 Å². The van der Waals surface area contributed by atoms with Gasteiger partial charge >= 0.3 is 0 Å². The maximum atomic E-state index is 11.5. The Kier molecular flexibility index (Phi) is 23.5. The number of non-ortho nitro benzene ring substituents is 3. The number of nitro benzene ring substituents is 3. The normalized spacial score (nSPS) is 15.9. The van der Waals surface area contributed by atoms with Gasteiger partial charge in [-0.05, 0) is 182 Å². The molecule has 0 atom stereocenters. The molecular formula is C74H102N8O7Si2. The van der Waals surface area contributed by atoms with Gasteiger partial charge in [-0.15, -0.1) is 0 Å². The van der Waals surface area contributed by atoms with E-state index in [1.165, 1.54) is 109 Å². The molecule has 91 heavy (non-hydrogen) atoms. The van der Waals surface area contributed by atoms with E-state index in [1.54, 1.807) is 48.2 Å². The van der Waals surface area contributed by atoms with Crippen molar-refractivity contribution in [2.24, 2.45) is 0 Å². The maximum absolute atomic E-state index is 11.5. The summed E-state index contributed by atoms with van der Waals surface area (Å²) >= 11 is 0. The summed E-state index contributed by atoms with van der Waals surface area (Å²) in [5.41, 5.74) is 22.5. The second-order valence-corrected chi connectivity index (χ2v) is 39.3. The van der Waals surface area contributed by atoms with Gasteiger partial charge in [0, 0.05) is 128 Å². The Balaban J connectivity index is 0.000000156. The average molecular weight is 1270 g/mol. The zero-order valence-electron chi connectivity index (χ0n) is 56.4. The lowest BCUT2D eigenvalue weighted by molar-refractivity contribution is -0.384. The van der Waals surface area contributed by atoms with Crippen LogP contribution in [0, 0.1) is 30.3 Å². The Hall–Kier alpha value is -7.38. The predicted molar refractivity (Wildman–Crippen MR) is 385 cm³/mol. The van der Waals surface area contributed by atoms with E-state index < -0.39 is 21.4 Å². The van der Waals surface area contributed by atoms with Gasteiger partial charge < -0.3 is 24.2 Å². The number of nitrogens with one attached hydrogen (secondary N) is 2. The van der Waals surface area contributed by atoms with Crippen LogP contribution in [0.5, 0.6) is 0 Å². The fourth-order valence-electron chi connectivity index (χ4n) is 16.7. The molecule has 0 amide bonds. The molecule has 12 rings (SSSR count). The molecule has 0 aliphatic heterocycles. The molecule has 4 aliphatic carbocycles. The van der Waals surface area contributed by atoms with Crippen molar-refractivity contribution in [2.45, 2.75) is 238 Å². The molecular weight excluding hydrogens is 1170 g/mol. The lowest BCUT2D eigenvalue weighted by Crippen LogP contribution is -2.51. The van der Waals surface area contributed by atoms with Crippen LogP contribution < -0.4 is 5.73 Å². The van der Waals surface area contributed by atoms with Crippen molar-refractivity contribution in [2.75, 3.05) is 5.73 Å². The molecule has 4 aromatic carbocycles. The molecule has 4 aliphatic rings. The van der Waals surface area contributed by atoms with E-state index in [2.05, 4.69) is 144 Å². The number of rotatable bonds is 14. The van der Waals surface area contributed by atoms with E-state index in [9.17, 15) is 35.1 Å². The molecule has 15 nitrogen and oxygen atoms in total. The van der Waals surface area contributed by atoms with Crippen LogP contribution >= 0.6 is 0 Å². The number of Topliss-reactive ketones (excluding diaryl/α,β-unsaturated/α-hetero) is 1. The van der Waals surface area contributed by atoms with Gasteiger partial charge in [0.2, 0.25) is 0 Å². The Morgan fingerprint density at radius 2 is 0.945 bits per heavy atom. The topological polar surface area (TPSA) is 214 Å². The van der Waals surface area contributed by atoms with Gasteiger partial charge in [0.05, 0.1) is 14.8 Å². The number of carbonyl (C=O) groups excluding carboxylic acids is 1. The van der Waals surface area contributed by atoms with E-state index in [0.29, 0.717) is 44.9 Å². The fourth-order valence-corrected chi connectivity index (χ4v) is 29.9. The highest BCUT2D eigenvalue weighted by Crippen LogP contribution is 2.49.